The maximum atomic E-state index is 4.33. The molecule has 1 aromatic heterocycles. The molecule has 1 N–H and O–H groups in total. The molecule has 0 saturated carbocycles. The second kappa shape index (κ2) is 6.26. The number of aryl methyl sites for hydroxylation is 2. The van der Waals surface area contributed by atoms with Gasteiger partial charge in [-0.15, -0.1) is 10.2 Å². The zero-order valence-corrected chi connectivity index (χ0v) is 12.8. The van der Waals surface area contributed by atoms with E-state index >= 15 is 0 Å². The summed E-state index contributed by atoms with van der Waals surface area (Å²) >= 11 is 1.68. The number of nitrogens with zero attached hydrogens (tertiary/aromatic N) is 2. The number of hydrogen-bond acceptors (Lipinski definition) is 4. The van der Waals surface area contributed by atoms with Crippen LogP contribution in [0.2, 0.25) is 0 Å². The van der Waals surface area contributed by atoms with Gasteiger partial charge in [0.2, 0.25) is 0 Å². The Morgan fingerprint density at radius 1 is 1.16 bits per heavy atom. The van der Waals surface area contributed by atoms with Gasteiger partial charge < -0.3 is 5.32 Å². The SMILES string of the molecule is CCCNC(C)c1nnc(-c2cc(C)cc(C)c2)s1. The molecular weight excluding hydrogens is 254 g/mol. The highest BCUT2D eigenvalue weighted by Gasteiger charge is 2.12. The Hall–Kier alpha value is -1.26. The van der Waals surface area contributed by atoms with E-state index in [9.17, 15) is 0 Å². The lowest BCUT2D eigenvalue weighted by Gasteiger charge is -2.08. The third-order valence-electron chi connectivity index (χ3n) is 2.98. The molecule has 0 bridgehead atoms. The first-order valence-corrected chi connectivity index (χ1v) is 7.57. The van der Waals surface area contributed by atoms with E-state index < -0.39 is 0 Å². The molecule has 1 unspecified atom stereocenters. The first kappa shape index (κ1) is 14.2. The number of benzene rings is 1. The first-order chi connectivity index (χ1) is 9.10. The fourth-order valence-electron chi connectivity index (χ4n) is 2.07. The van der Waals surface area contributed by atoms with Crippen LogP contribution in [-0.2, 0) is 0 Å². The maximum absolute atomic E-state index is 4.33. The predicted molar refractivity (Wildman–Crippen MR) is 81.5 cm³/mol. The average molecular weight is 275 g/mol. The summed E-state index contributed by atoms with van der Waals surface area (Å²) < 4.78 is 0. The zero-order valence-electron chi connectivity index (χ0n) is 12.0. The lowest BCUT2D eigenvalue weighted by molar-refractivity contribution is 0.564. The van der Waals surface area contributed by atoms with E-state index in [0.717, 1.165) is 23.0 Å². The molecule has 0 radical (unpaired) electrons. The van der Waals surface area contributed by atoms with Crippen LogP contribution in [0.5, 0.6) is 0 Å². The molecule has 2 aromatic rings. The Balaban J connectivity index is 2.20. The van der Waals surface area contributed by atoms with Gasteiger partial charge in [-0.1, -0.05) is 35.5 Å². The highest BCUT2D eigenvalue weighted by Crippen LogP contribution is 2.28. The number of hydrogen-bond donors (Lipinski definition) is 1. The predicted octanol–water partition coefficient (Wildman–Crippen LogP) is 3.88. The third-order valence-corrected chi connectivity index (χ3v) is 4.14. The molecule has 102 valence electrons. The summed E-state index contributed by atoms with van der Waals surface area (Å²) in [5.41, 5.74) is 3.71. The third kappa shape index (κ3) is 3.61. The Labute approximate surface area is 119 Å². The average Bonchev–Trinajstić information content (AvgIpc) is 2.84. The van der Waals surface area contributed by atoms with Crippen LogP contribution in [-0.4, -0.2) is 16.7 Å². The van der Waals surface area contributed by atoms with Gasteiger partial charge in [0, 0.05) is 5.56 Å². The van der Waals surface area contributed by atoms with Gasteiger partial charge in [-0.3, -0.25) is 0 Å². The van der Waals surface area contributed by atoms with Crippen LogP contribution in [0.15, 0.2) is 18.2 Å². The van der Waals surface area contributed by atoms with Crippen LogP contribution in [0, 0.1) is 13.8 Å². The van der Waals surface area contributed by atoms with Crippen molar-refractivity contribution in [1.82, 2.24) is 15.5 Å². The van der Waals surface area contributed by atoms with E-state index in [1.807, 2.05) is 0 Å². The Bertz CT molecular complexity index is 528. The van der Waals surface area contributed by atoms with E-state index in [4.69, 9.17) is 0 Å². The molecule has 4 heteroatoms. The summed E-state index contributed by atoms with van der Waals surface area (Å²) in [7, 11) is 0. The molecule has 0 aliphatic heterocycles. The van der Waals surface area contributed by atoms with E-state index in [1.54, 1.807) is 11.3 Å². The van der Waals surface area contributed by atoms with Crippen molar-refractivity contribution in [2.75, 3.05) is 6.54 Å². The second-order valence-electron chi connectivity index (χ2n) is 5.00. The minimum Gasteiger partial charge on any atom is -0.308 e. The molecule has 1 aromatic carbocycles. The molecule has 1 heterocycles. The van der Waals surface area contributed by atoms with E-state index in [2.05, 4.69) is 61.4 Å². The van der Waals surface area contributed by atoms with Crippen molar-refractivity contribution in [3.63, 3.8) is 0 Å². The molecule has 0 aliphatic carbocycles. The second-order valence-corrected chi connectivity index (χ2v) is 6.01. The highest BCUT2D eigenvalue weighted by atomic mass is 32.1. The molecule has 0 spiro atoms. The zero-order chi connectivity index (χ0) is 13.8. The molecule has 0 amide bonds. The van der Waals surface area contributed by atoms with E-state index in [1.165, 1.54) is 16.7 Å². The number of nitrogens with one attached hydrogen (secondary N) is 1. The molecule has 1 atom stereocenters. The summed E-state index contributed by atoms with van der Waals surface area (Å²) in [6.45, 7) is 9.55. The molecule has 3 nitrogen and oxygen atoms in total. The van der Waals surface area contributed by atoms with Crippen LogP contribution in [0.25, 0.3) is 10.6 Å². The van der Waals surface area contributed by atoms with Gasteiger partial charge in [-0.05, 0) is 45.9 Å². The summed E-state index contributed by atoms with van der Waals surface area (Å²) in [6, 6.07) is 6.79. The van der Waals surface area contributed by atoms with Gasteiger partial charge in [0.05, 0.1) is 6.04 Å². The lowest BCUT2D eigenvalue weighted by atomic mass is 10.1. The van der Waals surface area contributed by atoms with Crippen LogP contribution in [0.1, 0.15) is 42.4 Å². The summed E-state index contributed by atoms with van der Waals surface area (Å²) in [5.74, 6) is 0. The lowest BCUT2D eigenvalue weighted by Crippen LogP contribution is -2.18. The van der Waals surface area contributed by atoms with Gasteiger partial charge in [0.1, 0.15) is 10.0 Å². The topological polar surface area (TPSA) is 37.8 Å². The van der Waals surface area contributed by atoms with Gasteiger partial charge in [0.25, 0.3) is 0 Å². The van der Waals surface area contributed by atoms with Gasteiger partial charge in [0.15, 0.2) is 0 Å². The largest absolute Gasteiger partial charge is 0.308 e. The van der Waals surface area contributed by atoms with Crippen LogP contribution >= 0.6 is 11.3 Å². The molecular formula is C15H21N3S. The van der Waals surface area contributed by atoms with Gasteiger partial charge >= 0.3 is 0 Å². The molecule has 19 heavy (non-hydrogen) atoms. The van der Waals surface area contributed by atoms with E-state index in [0.29, 0.717) is 0 Å². The number of rotatable bonds is 5. The fourth-order valence-corrected chi connectivity index (χ4v) is 2.93. The monoisotopic (exact) mass is 275 g/mol. The Morgan fingerprint density at radius 2 is 1.84 bits per heavy atom. The molecule has 0 aliphatic rings. The minimum atomic E-state index is 0.275. The first-order valence-electron chi connectivity index (χ1n) is 6.75. The smallest absolute Gasteiger partial charge is 0.147 e. The minimum absolute atomic E-state index is 0.275. The highest BCUT2D eigenvalue weighted by molar-refractivity contribution is 7.14. The molecule has 0 saturated heterocycles. The van der Waals surface area contributed by atoms with Crippen molar-refractivity contribution >= 4 is 11.3 Å². The normalized spacial score (nSPS) is 12.6. The van der Waals surface area contributed by atoms with Crippen LogP contribution in [0.4, 0.5) is 0 Å². The van der Waals surface area contributed by atoms with Crippen molar-refractivity contribution in [1.29, 1.82) is 0 Å². The van der Waals surface area contributed by atoms with E-state index in [-0.39, 0.29) is 6.04 Å². The quantitative estimate of drug-likeness (QED) is 0.899. The van der Waals surface area contributed by atoms with Crippen molar-refractivity contribution in [3.05, 3.63) is 34.3 Å². The van der Waals surface area contributed by atoms with Crippen molar-refractivity contribution in [2.24, 2.45) is 0 Å². The fraction of sp³-hybridized carbons (Fsp3) is 0.467. The summed E-state index contributed by atoms with van der Waals surface area (Å²) in [4.78, 5) is 0. The number of aromatic nitrogens is 2. The Morgan fingerprint density at radius 3 is 2.47 bits per heavy atom. The standard InChI is InChI=1S/C15H21N3S/c1-5-6-16-12(4)14-17-18-15(19-14)13-8-10(2)7-11(3)9-13/h7-9,12,16H,5-6H2,1-4H3. The van der Waals surface area contributed by atoms with Gasteiger partial charge in [-0.25, -0.2) is 0 Å². The maximum Gasteiger partial charge on any atom is 0.147 e. The van der Waals surface area contributed by atoms with Crippen LogP contribution < -0.4 is 5.32 Å². The summed E-state index contributed by atoms with van der Waals surface area (Å²) in [5, 5.41) is 14.1. The van der Waals surface area contributed by atoms with Crippen molar-refractivity contribution in [2.45, 2.75) is 40.2 Å². The van der Waals surface area contributed by atoms with Crippen molar-refractivity contribution < 1.29 is 0 Å². The molecule has 2 rings (SSSR count). The Kier molecular flexibility index (Phi) is 4.66. The molecule has 0 fully saturated rings. The van der Waals surface area contributed by atoms with Crippen molar-refractivity contribution in [3.8, 4) is 10.6 Å². The van der Waals surface area contributed by atoms with Crippen LogP contribution in [0.3, 0.4) is 0 Å². The summed E-state index contributed by atoms with van der Waals surface area (Å²) in [6.07, 6.45) is 1.13. The van der Waals surface area contributed by atoms with Gasteiger partial charge in [-0.2, -0.15) is 0 Å².